The van der Waals surface area contributed by atoms with E-state index in [9.17, 15) is 4.79 Å². The van der Waals surface area contributed by atoms with Crippen LogP contribution in [-0.4, -0.2) is 19.0 Å². The Hall–Kier alpha value is -1.35. The van der Waals surface area contributed by atoms with Crippen LogP contribution in [0.15, 0.2) is 30.3 Å². The lowest BCUT2D eigenvalue weighted by atomic mass is 9.78. The molecule has 1 aromatic rings. The maximum Gasteiger partial charge on any atom is 0.227 e. The van der Waals surface area contributed by atoms with Gasteiger partial charge in [-0.1, -0.05) is 51.1 Å². The molecule has 1 amide bonds. The molecule has 2 rings (SSSR count). The normalized spacial score (nSPS) is 24.4. The summed E-state index contributed by atoms with van der Waals surface area (Å²) in [5.41, 5.74) is 0.858. The van der Waals surface area contributed by atoms with Crippen molar-refractivity contribution in [2.24, 2.45) is 10.8 Å². The van der Waals surface area contributed by atoms with Gasteiger partial charge in [0.05, 0.1) is 11.5 Å². The van der Waals surface area contributed by atoms with Gasteiger partial charge >= 0.3 is 0 Å². The molecule has 0 radical (unpaired) electrons. The number of carbonyl (C=O) groups excluding carboxylic acids is 1. The van der Waals surface area contributed by atoms with Crippen LogP contribution in [0.5, 0.6) is 0 Å². The van der Waals surface area contributed by atoms with Crippen LogP contribution in [0.2, 0.25) is 0 Å². The van der Waals surface area contributed by atoms with Crippen molar-refractivity contribution in [3.05, 3.63) is 35.9 Å². The van der Waals surface area contributed by atoms with Crippen LogP contribution >= 0.6 is 0 Å². The fourth-order valence-corrected chi connectivity index (χ4v) is 3.00. The summed E-state index contributed by atoms with van der Waals surface area (Å²) < 4.78 is 0. The smallest absolute Gasteiger partial charge is 0.227 e. The Balaban J connectivity index is 2.18. The van der Waals surface area contributed by atoms with Crippen LogP contribution in [0, 0.1) is 10.8 Å². The zero-order valence-corrected chi connectivity index (χ0v) is 13.7. The third kappa shape index (κ3) is 3.85. The Bertz CT molecular complexity index is 470. The van der Waals surface area contributed by atoms with Crippen molar-refractivity contribution in [3.8, 4) is 0 Å². The van der Waals surface area contributed by atoms with Crippen LogP contribution < -0.4 is 10.6 Å². The molecule has 1 aliphatic heterocycles. The van der Waals surface area contributed by atoms with Crippen LogP contribution in [-0.2, 0) is 4.79 Å². The van der Waals surface area contributed by atoms with E-state index in [1.165, 1.54) is 5.56 Å². The van der Waals surface area contributed by atoms with Crippen molar-refractivity contribution in [1.29, 1.82) is 0 Å². The van der Waals surface area contributed by atoms with Gasteiger partial charge in [0.25, 0.3) is 0 Å². The third-order valence-electron chi connectivity index (χ3n) is 4.42. The molecule has 1 heterocycles. The van der Waals surface area contributed by atoms with Crippen molar-refractivity contribution >= 4 is 5.91 Å². The number of benzene rings is 1. The van der Waals surface area contributed by atoms with Crippen molar-refractivity contribution in [2.75, 3.05) is 13.1 Å². The van der Waals surface area contributed by atoms with Crippen LogP contribution in [0.25, 0.3) is 0 Å². The summed E-state index contributed by atoms with van der Waals surface area (Å²) in [5.74, 6) is 0.165. The van der Waals surface area contributed by atoms with E-state index in [0.29, 0.717) is 0 Å². The number of amides is 1. The molecule has 1 saturated heterocycles. The fourth-order valence-electron chi connectivity index (χ4n) is 3.00. The van der Waals surface area contributed by atoms with Gasteiger partial charge in [-0.15, -0.1) is 0 Å². The molecular weight excluding hydrogens is 260 g/mol. The van der Waals surface area contributed by atoms with Gasteiger partial charge in [-0.05, 0) is 37.3 Å². The summed E-state index contributed by atoms with van der Waals surface area (Å²) >= 11 is 0. The highest BCUT2D eigenvalue weighted by atomic mass is 16.2. The number of nitrogens with one attached hydrogen (secondary N) is 2. The SMILES string of the molecule is CC1(C(=O)NC(c2ccccc2)C(C)(C)C)CCCNC1. The quantitative estimate of drug-likeness (QED) is 0.896. The van der Waals surface area contributed by atoms with Gasteiger partial charge < -0.3 is 10.6 Å². The van der Waals surface area contributed by atoms with Crippen LogP contribution in [0.1, 0.15) is 52.1 Å². The number of hydrogen-bond acceptors (Lipinski definition) is 2. The van der Waals surface area contributed by atoms with Gasteiger partial charge in [-0.25, -0.2) is 0 Å². The second-order valence-corrected chi connectivity index (χ2v) is 7.52. The molecule has 3 nitrogen and oxygen atoms in total. The first-order chi connectivity index (χ1) is 9.83. The average Bonchev–Trinajstić information content (AvgIpc) is 2.45. The molecule has 21 heavy (non-hydrogen) atoms. The summed E-state index contributed by atoms with van der Waals surface area (Å²) in [6.45, 7) is 10.4. The van der Waals surface area contributed by atoms with E-state index >= 15 is 0 Å². The Morgan fingerprint density at radius 1 is 1.29 bits per heavy atom. The number of hydrogen-bond donors (Lipinski definition) is 2. The largest absolute Gasteiger partial charge is 0.348 e. The monoisotopic (exact) mass is 288 g/mol. The van der Waals surface area contributed by atoms with E-state index < -0.39 is 0 Å². The highest BCUT2D eigenvalue weighted by Crippen LogP contribution is 2.34. The number of rotatable bonds is 3. The standard InChI is InChI=1S/C18H28N2O/c1-17(2,3)15(14-9-6-5-7-10-14)20-16(21)18(4)11-8-12-19-13-18/h5-7,9-10,15,19H,8,11-13H2,1-4H3,(H,20,21). The van der Waals surface area contributed by atoms with Gasteiger partial charge in [0, 0.05) is 6.54 Å². The highest BCUT2D eigenvalue weighted by Gasteiger charge is 2.37. The summed E-state index contributed by atoms with van der Waals surface area (Å²) in [7, 11) is 0. The Morgan fingerprint density at radius 3 is 2.48 bits per heavy atom. The fraction of sp³-hybridized carbons (Fsp3) is 0.611. The topological polar surface area (TPSA) is 41.1 Å². The molecule has 0 aliphatic carbocycles. The molecule has 0 spiro atoms. The maximum atomic E-state index is 12.8. The van der Waals surface area contributed by atoms with E-state index in [2.05, 4.69) is 50.5 Å². The molecule has 2 atom stereocenters. The summed E-state index contributed by atoms with van der Waals surface area (Å²) in [6.07, 6.45) is 2.02. The minimum absolute atomic E-state index is 0.0184. The molecule has 2 unspecified atom stereocenters. The lowest BCUT2D eigenvalue weighted by Crippen LogP contribution is -2.51. The predicted molar refractivity (Wildman–Crippen MR) is 87.0 cm³/mol. The van der Waals surface area contributed by atoms with Crippen molar-refractivity contribution in [2.45, 2.75) is 46.6 Å². The van der Waals surface area contributed by atoms with Gasteiger partial charge in [-0.2, -0.15) is 0 Å². The average molecular weight is 288 g/mol. The van der Waals surface area contributed by atoms with Crippen LogP contribution in [0.4, 0.5) is 0 Å². The van der Waals surface area contributed by atoms with E-state index in [1.54, 1.807) is 0 Å². The first-order valence-electron chi connectivity index (χ1n) is 7.90. The van der Waals surface area contributed by atoms with E-state index in [1.807, 2.05) is 18.2 Å². The minimum atomic E-state index is -0.295. The predicted octanol–water partition coefficient (Wildman–Crippen LogP) is 3.28. The van der Waals surface area contributed by atoms with Gasteiger partial charge in [0.1, 0.15) is 0 Å². The molecule has 116 valence electrons. The number of carbonyl (C=O) groups is 1. The molecule has 1 fully saturated rings. The lowest BCUT2D eigenvalue weighted by Gasteiger charge is -2.38. The molecule has 2 N–H and O–H groups in total. The Labute approximate surface area is 128 Å². The van der Waals surface area contributed by atoms with E-state index in [4.69, 9.17) is 0 Å². The van der Waals surface area contributed by atoms with E-state index in [-0.39, 0.29) is 22.8 Å². The first-order valence-corrected chi connectivity index (χ1v) is 7.90. The Kier molecular flexibility index (Phi) is 4.72. The minimum Gasteiger partial charge on any atom is -0.348 e. The third-order valence-corrected chi connectivity index (χ3v) is 4.42. The van der Waals surface area contributed by atoms with Gasteiger partial charge in [0.15, 0.2) is 0 Å². The first kappa shape index (κ1) is 16.0. The van der Waals surface area contributed by atoms with Crippen LogP contribution in [0.3, 0.4) is 0 Å². The summed E-state index contributed by atoms with van der Waals surface area (Å²) in [5, 5.41) is 6.65. The molecule has 3 heteroatoms. The number of piperidine rings is 1. The molecule has 0 aromatic heterocycles. The summed E-state index contributed by atoms with van der Waals surface area (Å²) in [4.78, 5) is 12.8. The summed E-state index contributed by atoms with van der Waals surface area (Å²) in [6, 6.07) is 10.3. The van der Waals surface area contributed by atoms with Crippen molar-refractivity contribution in [1.82, 2.24) is 10.6 Å². The zero-order valence-electron chi connectivity index (χ0n) is 13.7. The highest BCUT2D eigenvalue weighted by molar-refractivity contribution is 5.83. The molecule has 0 bridgehead atoms. The second-order valence-electron chi connectivity index (χ2n) is 7.52. The van der Waals surface area contributed by atoms with Crippen molar-refractivity contribution in [3.63, 3.8) is 0 Å². The second kappa shape index (κ2) is 6.18. The van der Waals surface area contributed by atoms with E-state index in [0.717, 1.165) is 25.9 Å². The molecule has 0 saturated carbocycles. The molecule has 1 aliphatic rings. The van der Waals surface area contributed by atoms with Gasteiger partial charge in [-0.3, -0.25) is 4.79 Å². The van der Waals surface area contributed by atoms with Crippen molar-refractivity contribution < 1.29 is 4.79 Å². The zero-order chi connectivity index (χ0) is 15.5. The Morgan fingerprint density at radius 2 is 1.95 bits per heavy atom. The molecular formula is C18H28N2O. The van der Waals surface area contributed by atoms with Gasteiger partial charge in [0.2, 0.25) is 5.91 Å². The lowest BCUT2D eigenvalue weighted by molar-refractivity contribution is -0.132. The molecule has 1 aromatic carbocycles. The maximum absolute atomic E-state index is 12.8.